The number of carbonyl (C=O) groups is 1. The highest BCUT2D eigenvalue weighted by Gasteiger charge is 2.22. The molecular weight excluding hydrogens is 718 g/mol. The number of anilines is 1. The molecule has 16 heteroatoms. The number of pyridine rings is 1. The fourth-order valence-corrected chi connectivity index (χ4v) is 6.21. The molecule has 1 amide bonds. The summed E-state index contributed by atoms with van der Waals surface area (Å²) in [7, 11) is 6.34. The number of nitrogens with two attached hydrogens (primary N) is 1. The Morgan fingerprint density at radius 2 is 1.82 bits per heavy atom. The fourth-order valence-electron chi connectivity index (χ4n) is 4.70. The van der Waals surface area contributed by atoms with Gasteiger partial charge in [0.2, 0.25) is 5.43 Å². The number of aromatic nitrogens is 3. The number of imidazole rings is 1. The summed E-state index contributed by atoms with van der Waals surface area (Å²) in [4.78, 5) is 35.0. The molecule has 0 radical (unpaired) electrons. The van der Waals surface area contributed by atoms with E-state index < -0.39 is 22.8 Å². The number of fused-ring (bicyclic) bond motifs is 1. The topological polar surface area (TPSA) is 219 Å². The zero-order valence-electron chi connectivity index (χ0n) is 24.7. The van der Waals surface area contributed by atoms with Crippen molar-refractivity contribution in [2.45, 2.75) is 19.3 Å². The van der Waals surface area contributed by atoms with Crippen molar-refractivity contribution in [2.24, 2.45) is 5.16 Å². The van der Waals surface area contributed by atoms with E-state index in [1.165, 1.54) is 6.07 Å². The average Bonchev–Trinajstić information content (AvgIpc) is 3.33. The van der Waals surface area contributed by atoms with Crippen molar-refractivity contribution in [3.8, 4) is 34.3 Å². The number of rotatable bonds is 12. The number of oxime groups is 1. The number of nitrogens with zero attached hydrogens (tertiary/aromatic N) is 3. The molecule has 0 aliphatic heterocycles. The number of phenols is 2. The van der Waals surface area contributed by atoms with Crippen LogP contribution in [0.25, 0.3) is 22.2 Å². The second-order valence-electron chi connectivity index (χ2n) is 11.3. The van der Waals surface area contributed by atoms with Gasteiger partial charge in [0.25, 0.3) is 5.91 Å². The summed E-state index contributed by atoms with van der Waals surface area (Å²) in [5, 5.41) is 46.4. The van der Waals surface area contributed by atoms with E-state index in [-0.39, 0.29) is 59.0 Å². The monoisotopic (exact) mass is 750 g/mol. The van der Waals surface area contributed by atoms with E-state index in [0.29, 0.717) is 32.6 Å². The predicted molar refractivity (Wildman–Crippen MR) is 176 cm³/mol. The van der Waals surface area contributed by atoms with Gasteiger partial charge in [0.05, 0.1) is 59.8 Å². The normalized spacial score (nSPS) is 12.1. The summed E-state index contributed by atoms with van der Waals surface area (Å²) in [6.07, 6.45) is 2.03. The zero-order chi connectivity index (χ0) is 33.1. The molecule has 0 spiro atoms. The lowest BCUT2D eigenvalue weighted by molar-refractivity contribution is -0.870. The van der Waals surface area contributed by atoms with Crippen molar-refractivity contribution in [1.82, 2.24) is 20.3 Å². The Morgan fingerprint density at radius 1 is 1.13 bits per heavy atom. The molecule has 2 aromatic heterocycles. The van der Waals surface area contributed by atoms with E-state index in [1.807, 2.05) is 0 Å². The molecule has 0 aliphatic carbocycles. The maximum Gasteiger partial charge on any atom is 0.269 e. The molecule has 4 rings (SSSR count). The first-order chi connectivity index (χ1) is 21.2. The van der Waals surface area contributed by atoms with Crippen molar-refractivity contribution in [1.29, 1.82) is 0 Å². The number of halogens is 2. The summed E-state index contributed by atoms with van der Waals surface area (Å²) in [5.41, 5.74) is 5.97. The molecule has 0 saturated heterocycles. The third kappa shape index (κ3) is 7.87. The molecule has 0 fully saturated rings. The smallest absolute Gasteiger partial charge is 0.269 e. The molecule has 14 nitrogen and oxygen atoms in total. The summed E-state index contributed by atoms with van der Waals surface area (Å²) in [5.74, 6) is -1.52. The van der Waals surface area contributed by atoms with Gasteiger partial charge in [-0.05, 0) is 55.6 Å². The SMILES string of the molecule is C[N+](C)(C)CCCOc1c(Br)cc(CC(=NO)C(=O)NCCc2[nH]c(N)nc2-c2cc(O)c3[nH]cc(O)c(=O)c3c2O)cc1Br. The van der Waals surface area contributed by atoms with Gasteiger partial charge in [0, 0.05) is 43.3 Å². The fraction of sp³-hybridized carbons (Fsp3) is 0.310. The predicted octanol–water partition coefficient (Wildman–Crippen LogP) is 3.35. The zero-order valence-corrected chi connectivity index (χ0v) is 27.9. The van der Waals surface area contributed by atoms with Gasteiger partial charge < -0.3 is 50.8 Å². The molecule has 0 saturated carbocycles. The van der Waals surface area contributed by atoms with Gasteiger partial charge in [-0.25, -0.2) is 4.98 Å². The van der Waals surface area contributed by atoms with Crippen LogP contribution in [0, 0.1) is 0 Å². The van der Waals surface area contributed by atoms with Gasteiger partial charge in [-0.2, -0.15) is 0 Å². The number of aromatic amines is 2. The number of amides is 1. The lowest BCUT2D eigenvalue weighted by atomic mass is 10.0. The van der Waals surface area contributed by atoms with Crippen LogP contribution in [0.4, 0.5) is 5.95 Å². The molecule has 2 aromatic carbocycles. The highest BCUT2D eigenvalue weighted by Crippen LogP contribution is 2.40. The van der Waals surface area contributed by atoms with E-state index in [4.69, 9.17) is 10.5 Å². The van der Waals surface area contributed by atoms with E-state index in [2.05, 4.69) is 78.4 Å². The first-order valence-electron chi connectivity index (χ1n) is 13.7. The Bertz CT molecular complexity index is 1810. The number of benzene rings is 2. The first kappa shape index (κ1) is 33.6. The van der Waals surface area contributed by atoms with Gasteiger partial charge in [-0.3, -0.25) is 9.59 Å². The van der Waals surface area contributed by atoms with Crippen molar-refractivity contribution in [3.05, 3.63) is 54.8 Å². The first-order valence-corrected chi connectivity index (χ1v) is 15.3. The highest BCUT2D eigenvalue weighted by molar-refractivity contribution is 9.11. The van der Waals surface area contributed by atoms with E-state index in [0.717, 1.165) is 23.6 Å². The molecule has 9 N–H and O–H groups in total. The minimum absolute atomic E-state index is 0.00955. The summed E-state index contributed by atoms with van der Waals surface area (Å²) >= 11 is 7.04. The third-order valence-electron chi connectivity index (χ3n) is 6.84. The number of carbonyl (C=O) groups excluding carboxylic acids is 1. The molecule has 4 aromatic rings. The Labute approximate surface area is 274 Å². The lowest BCUT2D eigenvalue weighted by Gasteiger charge is -2.23. The van der Waals surface area contributed by atoms with Crippen LogP contribution >= 0.6 is 31.9 Å². The Balaban J connectivity index is 1.43. The second kappa shape index (κ2) is 13.8. The quantitative estimate of drug-likeness (QED) is 0.0265. The van der Waals surface area contributed by atoms with E-state index in [9.17, 15) is 30.1 Å². The standard InChI is InChI=1S/C29H33Br2N7O7/c1-38(2,3)7-4-8-45-27-16(30)9-14(10-17(27)31)11-19(37-44)28(43)33-6-5-18-23(36-29(32)35-18)15-12-20(39)24-22(25(15)41)26(42)21(40)13-34-24/h9-10,12-13H,4-8,11H2,1-3H3,(H8-,32,33,34,35,36,37,39,40,41,42,43,44)/p+1. The van der Waals surface area contributed by atoms with Gasteiger partial charge in [0.1, 0.15) is 23.0 Å². The molecule has 240 valence electrons. The number of hydrogen-bond donors (Lipinski definition) is 8. The lowest BCUT2D eigenvalue weighted by Crippen LogP contribution is -2.36. The van der Waals surface area contributed by atoms with Gasteiger partial charge in [-0.15, -0.1) is 0 Å². The van der Waals surface area contributed by atoms with E-state index in [1.54, 1.807) is 12.1 Å². The second-order valence-corrected chi connectivity index (χ2v) is 13.0. The highest BCUT2D eigenvalue weighted by atomic mass is 79.9. The van der Waals surface area contributed by atoms with Crippen LogP contribution in [0.2, 0.25) is 0 Å². The van der Waals surface area contributed by atoms with Gasteiger partial charge in [-0.1, -0.05) is 5.16 Å². The summed E-state index contributed by atoms with van der Waals surface area (Å²) < 4.78 is 8.14. The number of quaternary nitrogens is 1. The largest absolute Gasteiger partial charge is 0.506 e. The van der Waals surface area contributed by atoms with Gasteiger partial charge in [0.15, 0.2) is 11.7 Å². The van der Waals surface area contributed by atoms with Crippen LogP contribution < -0.4 is 21.2 Å². The maximum atomic E-state index is 12.9. The molecule has 0 unspecified atom stereocenters. The van der Waals surface area contributed by atoms with Crippen molar-refractivity contribution in [3.63, 3.8) is 0 Å². The number of nitrogens with one attached hydrogen (secondary N) is 3. The van der Waals surface area contributed by atoms with Crippen molar-refractivity contribution in [2.75, 3.05) is 46.6 Å². The van der Waals surface area contributed by atoms with E-state index >= 15 is 0 Å². The van der Waals surface area contributed by atoms with Crippen LogP contribution in [0.1, 0.15) is 17.7 Å². The number of nitrogen functional groups attached to an aromatic ring is 1. The molecule has 2 heterocycles. The molecule has 0 aliphatic rings. The third-order valence-corrected chi connectivity index (χ3v) is 8.01. The Morgan fingerprint density at radius 3 is 2.47 bits per heavy atom. The number of H-pyrrole nitrogens is 2. The average molecular weight is 752 g/mol. The molecule has 0 atom stereocenters. The maximum absolute atomic E-state index is 12.9. The van der Waals surface area contributed by atoms with Crippen LogP contribution in [0.5, 0.6) is 23.0 Å². The van der Waals surface area contributed by atoms with Crippen LogP contribution in [-0.2, 0) is 17.6 Å². The van der Waals surface area contributed by atoms with Crippen molar-refractivity contribution >= 4 is 60.3 Å². The number of aromatic hydroxyl groups is 3. The minimum atomic E-state index is -0.886. The summed E-state index contributed by atoms with van der Waals surface area (Å²) in [6.45, 7) is 1.53. The molecule has 0 bridgehead atoms. The van der Waals surface area contributed by atoms with Crippen LogP contribution in [0.15, 0.2) is 43.3 Å². The van der Waals surface area contributed by atoms with Crippen LogP contribution in [-0.4, -0.2) is 92.4 Å². The van der Waals surface area contributed by atoms with Gasteiger partial charge >= 0.3 is 0 Å². The Hall–Kier alpha value is -4.28. The van der Waals surface area contributed by atoms with Crippen LogP contribution in [0.3, 0.4) is 0 Å². The Kier molecular flexibility index (Phi) is 10.3. The summed E-state index contributed by atoms with van der Waals surface area (Å²) in [6, 6.07) is 4.78. The molecular formula is C29H34Br2N7O7+. The number of hydrogen-bond acceptors (Lipinski definition) is 10. The van der Waals surface area contributed by atoms with Crippen molar-refractivity contribution < 1.29 is 34.5 Å². The molecule has 45 heavy (non-hydrogen) atoms. The minimum Gasteiger partial charge on any atom is -0.506 e. The number of phenolic OH excluding ortho intramolecular Hbond substituents is 2. The number of ether oxygens (including phenoxy) is 1.